The van der Waals surface area contributed by atoms with E-state index in [4.69, 9.17) is 4.74 Å². The van der Waals surface area contributed by atoms with Gasteiger partial charge < -0.3 is 14.6 Å². The summed E-state index contributed by atoms with van der Waals surface area (Å²) in [5.41, 5.74) is 3.17. The van der Waals surface area contributed by atoms with Crippen LogP contribution in [0.3, 0.4) is 0 Å². The first kappa shape index (κ1) is 19.9. The standard InChI is InChI=1S/C21H24N4O2S/c1-4-25-20(17-7-5-6-8-18(17)27-3)23-24-21(25)28-14-19(26)22-13-16-11-9-15(2)10-12-16/h5-12H,4,13-14H2,1-3H3,(H,22,26). The molecule has 1 N–H and O–H groups in total. The van der Waals surface area contributed by atoms with Crippen molar-refractivity contribution in [2.75, 3.05) is 12.9 Å². The van der Waals surface area contributed by atoms with Crippen LogP contribution in [-0.2, 0) is 17.9 Å². The van der Waals surface area contributed by atoms with Crippen LogP contribution in [-0.4, -0.2) is 33.5 Å². The summed E-state index contributed by atoms with van der Waals surface area (Å²) in [5, 5.41) is 12.3. The molecule has 0 saturated carbocycles. The predicted octanol–water partition coefficient (Wildman–Crippen LogP) is 3.69. The number of amides is 1. The SMILES string of the molecule is CCn1c(SCC(=O)NCc2ccc(C)cc2)nnc1-c1ccccc1OC. The Morgan fingerprint density at radius 2 is 1.89 bits per heavy atom. The van der Waals surface area contributed by atoms with Gasteiger partial charge >= 0.3 is 0 Å². The van der Waals surface area contributed by atoms with E-state index in [1.54, 1.807) is 7.11 Å². The van der Waals surface area contributed by atoms with Gasteiger partial charge in [-0.1, -0.05) is 53.7 Å². The second-order valence-corrected chi connectivity index (χ2v) is 7.24. The van der Waals surface area contributed by atoms with Gasteiger partial charge in [0.05, 0.1) is 18.4 Å². The molecule has 3 rings (SSSR count). The highest BCUT2D eigenvalue weighted by Gasteiger charge is 2.17. The molecule has 28 heavy (non-hydrogen) atoms. The second-order valence-electron chi connectivity index (χ2n) is 6.30. The fourth-order valence-corrected chi connectivity index (χ4v) is 3.63. The van der Waals surface area contributed by atoms with Crippen molar-refractivity contribution in [3.05, 3.63) is 59.7 Å². The number of hydrogen-bond donors (Lipinski definition) is 1. The average Bonchev–Trinajstić information content (AvgIpc) is 3.14. The van der Waals surface area contributed by atoms with Gasteiger partial charge in [0.1, 0.15) is 5.75 Å². The number of carbonyl (C=O) groups excluding carboxylic acids is 1. The normalized spacial score (nSPS) is 10.7. The number of aromatic nitrogens is 3. The quantitative estimate of drug-likeness (QED) is 0.588. The molecule has 0 spiro atoms. The van der Waals surface area contributed by atoms with Crippen molar-refractivity contribution >= 4 is 17.7 Å². The first-order valence-corrected chi connectivity index (χ1v) is 10.1. The third-order valence-corrected chi connectivity index (χ3v) is 5.29. The number of nitrogens with zero attached hydrogens (tertiary/aromatic N) is 3. The third kappa shape index (κ3) is 4.72. The molecular weight excluding hydrogens is 372 g/mol. The number of benzene rings is 2. The van der Waals surface area contributed by atoms with Crippen molar-refractivity contribution < 1.29 is 9.53 Å². The van der Waals surface area contributed by atoms with Crippen LogP contribution in [0, 0.1) is 6.92 Å². The molecule has 0 atom stereocenters. The molecule has 0 saturated heterocycles. The molecule has 146 valence electrons. The Morgan fingerprint density at radius 3 is 2.61 bits per heavy atom. The summed E-state index contributed by atoms with van der Waals surface area (Å²) in [6, 6.07) is 15.8. The van der Waals surface area contributed by atoms with E-state index in [-0.39, 0.29) is 11.7 Å². The molecule has 0 aliphatic heterocycles. The van der Waals surface area contributed by atoms with Crippen LogP contribution in [0.1, 0.15) is 18.1 Å². The highest BCUT2D eigenvalue weighted by atomic mass is 32.2. The zero-order chi connectivity index (χ0) is 19.9. The number of carbonyl (C=O) groups is 1. The van der Waals surface area contributed by atoms with Gasteiger partial charge in [0, 0.05) is 13.1 Å². The number of nitrogens with one attached hydrogen (secondary N) is 1. The van der Waals surface area contributed by atoms with Crippen molar-refractivity contribution in [2.45, 2.75) is 32.1 Å². The molecule has 0 radical (unpaired) electrons. The summed E-state index contributed by atoms with van der Waals surface area (Å²) in [7, 11) is 1.64. The third-order valence-electron chi connectivity index (χ3n) is 4.32. The smallest absolute Gasteiger partial charge is 0.230 e. The van der Waals surface area contributed by atoms with Crippen LogP contribution in [0.5, 0.6) is 5.75 Å². The van der Waals surface area contributed by atoms with Gasteiger partial charge in [-0.15, -0.1) is 10.2 Å². The number of ether oxygens (including phenoxy) is 1. The molecule has 2 aromatic carbocycles. The number of rotatable bonds is 8. The van der Waals surface area contributed by atoms with Gasteiger partial charge in [-0.25, -0.2) is 0 Å². The number of hydrogen-bond acceptors (Lipinski definition) is 5. The Hall–Kier alpha value is -2.80. The van der Waals surface area contributed by atoms with Crippen molar-refractivity contribution in [2.24, 2.45) is 0 Å². The molecule has 0 aliphatic rings. The fraction of sp³-hybridized carbons (Fsp3) is 0.286. The van der Waals surface area contributed by atoms with E-state index in [0.29, 0.717) is 18.2 Å². The summed E-state index contributed by atoms with van der Waals surface area (Å²) in [4.78, 5) is 12.2. The van der Waals surface area contributed by atoms with Crippen LogP contribution in [0.15, 0.2) is 53.7 Å². The van der Waals surface area contributed by atoms with Crippen LogP contribution in [0.25, 0.3) is 11.4 Å². The molecule has 0 bridgehead atoms. The van der Waals surface area contributed by atoms with Crippen molar-refractivity contribution in [1.29, 1.82) is 0 Å². The van der Waals surface area contributed by atoms with Gasteiger partial charge in [-0.2, -0.15) is 0 Å². The van der Waals surface area contributed by atoms with E-state index < -0.39 is 0 Å². The lowest BCUT2D eigenvalue weighted by atomic mass is 10.1. The van der Waals surface area contributed by atoms with Crippen LogP contribution >= 0.6 is 11.8 Å². The maximum Gasteiger partial charge on any atom is 0.230 e. The Bertz CT molecular complexity index is 938. The lowest BCUT2D eigenvalue weighted by Crippen LogP contribution is -2.24. The summed E-state index contributed by atoms with van der Waals surface area (Å²) in [6.45, 7) is 5.30. The minimum atomic E-state index is -0.0323. The van der Waals surface area contributed by atoms with Crippen molar-refractivity contribution in [3.8, 4) is 17.1 Å². The average molecular weight is 397 g/mol. The van der Waals surface area contributed by atoms with Gasteiger partial charge in [-0.05, 0) is 31.5 Å². The Kier molecular flexibility index (Phi) is 6.71. The monoisotopic (exact) mass is 396 g/mol. The second kappa shape index (κ2) is 9.41. The molecule has 7 heteroatoms. The highest BCUT2D eigenvalue weighted by molar-refractivity contribution is 7.99. The molecule has 6 nitrogen and oxygen atoms in total. The molecule has 1 heterocycles. The topological polar surface area (TPSA) is 69.0 Å². The van der Waals surface area contributed by atoms with E-state index in [2.05, 4.69) is 15.5 Å². The minimum absolute atomic E-state index is 0.0323. The largest absolute Gasteiger partial charge is 0.496 e. The zero-order valence-electron chi connectivity index (χ0n) is 16.3. The Labute approximate surface area is 169 Å². The van der Waals surface area contributed by atoms with Gasteiger partial charge in [0.15, 0.2) is 11.0 Å². The van der Waals surface area contributed by atoms with Gasteiger partial charge in [0.25, 0.3) is 0 Å². The maximum atomic E-state index is 12.2. The molecule has 0 fully saturated rings. The number of aryl methyl sites for hydroxylation is 1. The van der Waals surface area contributed by atoms with Crippen molar-refractivity contribution in [3.63, 3.8) is 0 Å². The van der Waals surface area contributed by atoms with E-state index in [9.17, 15) is 4.79 Å². The van der Waals surface area contributed by atoms with Crippen LogP contribution < -0.4 is 10.1 Å². The Balaban J connectivity index is 1.64. The summed E-state index contributed by atoms with van der Waals surface area (Å²) >= 11 is 1.38. The van der Waals surface area contributed by atoms with E-state index in [1.807, 2.05) is 66.9 Å². The summed E-state index contributed by atoms with van der Waals surface area (Å²) in [6.07, 6.45) is 0. The number of methoxy groups -OCH3 is 1. The Morgan fingerprint density at radius 1 is 1.14 bits per heavy atom. The van der Waals surface area contributed by atoms with Gasteiger partial charge in [0.2, 0.25) is 5.91 Å². The molecule has 0 unspecified atom stereocenters. The lowest BCUT2D eigenvalue weighted by molar-refractivity contribution is -0.118. The highest BCUT2D eigenvalue weighted by Crippen LogP contribution is 2.30. The number of thioether (sulfide) groups is 1. The van der Waals surface area contributed by atoms with Crippen LogP contribution in [0.2, 0.25) is 0 Å². The first-order valence-electron chi connectivity index (χ1n) is 9.14. The molecule has 0 aliphatic carbocycles. The summed E-state index contributed by atoms with van der Waals surface area (Å²) < 4.78 is 7.43. The van der Waals surface area contributed by atoms with Crippen LogP contribution in [0.4, 0.5) is 0 Å². The fourth-order valence-electron chi connectivity index (χ4n) is 2.80. The summed E-state index contributed by atoms with van der Waals surface area (Å²) in [5.74, 6) is 1.74. The number of para-hydroxylation sites is 1. The van der Waals surface area contributed by atoms with Crippen molar-refractivity contribution in [1.82, 2.24) is 20.1 Å². The first-order chi connectivity index (χ1) is 13.6. The van der Waals surface area contributed by atoms with E-state index in [1.165, 1.54) is 17.3 Å². The molecule has 1 amide bonds. The molecular formula is C21H24N4O2S. The van der Waals surface area contributed by atoms with Gasteiger partial charge in [-0.3, -0.25) is 4.79 Å². The zero-order valence-corrected chi connectivity index (χ0v) is 17.1. The predicted molar refractivity (Wildman–Crippen MR) is 111 cm³/mol. The minimum Gasteiger partial charge on any atom is -0.496 e. The molecule has 1 aromatic heterocycles. The van der Waals surface area contributed by atoms with E-state index >= 15 is 0 Å². The maximum absolute atomic E-state index is 12.2. The molecule has 3 aromatic rings. The van der Waals surface area contributed by atoms with E-state index in [0.717, 1.165) is 22.7 Å². The lowest BCUT2D eigenvalue weighted by Gasteiger charge is -2.10.